The maximum absolute atomic E-state index is 12.6. The third-order valence-corrected chi connectivity index (χ3v) is 4.48. The lowest BCUT2D eigenvalue weighted by Gasteiger charge is -2.33. The van der Waals surface area contributed by atoms with Crippen LogP contribution in [0.15, 0.2) is 41.3 Å². The van der Waals surface area contributed by atoms with E-state index in [2.05, 4.69) is 10.3 Å². The maximum Gasteiger partial charge on any atom is 0.250 e. The predicted octanol–water partition coefficient (Wildman–Crippen LogP) is 1.58. The predicted molar refractivity (Wildman–Crippen MR) is 99.1 cm³/mol. The molecule has 3 heterocycles. The molecule has 1 N–H and O–H groups in total. The Labute approximate surface area is 152 Å². The second kappa shape index (κ2) is 8.14. The average molecular weight is 356 g/mol. The summed E-state index contributed by atoms with van der Waals surface area (Å²) in [5, 5.41) is 3.12. The van der Waals surface area contributed by atoms with Gasteiger partial charge in [-0.25, -0.2) is 0 Å². The molecule has 0 saturated carbocycles. The van der Waals surface area contributed by atoms with E-state index in [9.17, 15) is 9.59 Å². The van der Waals surface area contributed by atoms with Crippen molar-refractivity contribution in [2.45, 2.75) is 26.0 Å². The minimum absolute atomic E-state index is 0.0237. The van der Waals surface area contributed by atoms with Crippen LogP contribution in [0.1, 0.15) is 23.9 Å². The molecule has 2 aromatic rings. The number of anilines is 1. The molecule has 26 heavy (non-hydrogen) atoms. The zero-order chi connectivity index (χ0) is 18.5. The Kier molecular flexibility index (Phi) is 5.68. The third-order valence-electron chi connectivity index (χ3n) is 4.48. The molecule has 7 nitrogen and oxygen atoms in total. The van der Waals surface area contributed by atoms with Gasteiger partial charge in [0.2, 0.25) is 5.91 Å². The molecule has 1 saturated heterocycles. The molecule has 1 aliphatic rings. The van der Waals surface area contributed by atoms with Gasteiger partial charge in [-0.3, -0.25) is 14.6 Å². The number of pyridine rings is 2. The van der Waals surface area contributed by atoms with E-state index in [4.69, 9.17) is 4.74 Å². The molecular formula is C19H24N4O3. The number of amides is 1. The van der Waals surface area contributed by atoms with Crippen molar-refractivity contribution in [1.29, 1.82) is 0 Å². The van der Waals surface area contributed by atoms with Crippen molar-refractivity contribution in [2.75, 3.05) is 32.1 Å². The largest absolute Gasteiger partial charge is 0.388 e. The number of rotatable bonds is 5. The van der Waals surface area contributed by atoms with Crippen LogP contribution in [0.5, 0.6) is 0 Å². The van der Waals surface area contributed by atoms with E-state index in [1.165, 1.54) is 6.07 Å². The first-order valence-corrected chi connectivity index (χ1v) is 8.78. The minimum Gasteiger partial charge on any atom is -0.388 e. The fraction of sp³-hybridized carbons (Fsp3) is 0.421. The Balaban J connectivity index is 1.64. The van der Waals surface area contributed by atoms with Gasteiger partial charge in [-0.05, 0) is 25.1 Å². The number of morpholine rings is 1. The van der Waals surface area contributed by atoms with Crippen molar-refractivity contribution in [3.05, 3.63) is 58.3 Å². The molecule has 1 amide bonds. The number of carbonyl (C=O) groups excluding carboxylic acids is 1. The Bertz CT molecular complexity index is 834. The first-order valence-electron chi connectivity index (χ1n) is 8.78. The number of ether oxygens (including phenoxy) is 1. The van der Waals surface area contributed by atoms with Crippen molar-refractivity contribution in [2.24, 2.45) is 0 Å². The quantitative estimate of drug-likeness (QED) is 0.880. The molecule has 138 valence electrons. The third kappa shape index (κ3) is 4.29. The van der Waals surface area contributed by atoms with Crippen molar-refractivity contribution in [3.63, 3.8) is 0 Å². The van der Waals surface area contributed by atoms with Gasteiger partial charge in [-0.1, -0.05) is 6.07 Å². The Morgan fingerprint density at radius 3 is 3.00 bits per heavy atom. The second-order valence-electron chi connectivity index (χ2n) is 6.35. The van der Waals surface area contributed by atoms with E-state index in [1.807, 2.05) is 26.1 Å². The van der Waals surface area contributed by atoms with Gasteiger partial charge < -0.3 is 19.5 Å². The molecule has 0 bridgehead atoms. The number of nitrogens with zero attached hydrogens (tertiary/aromatic N) is 3. The van der Waals surface area contributed by atoms with Gasteiger partial charge >= 0.3 is 0 Å². The summed E-state index contributed by atoms with van der Waals surface area (Å²) in [6.45, 7) is 3.83. The fourth-order valence-electron chi connectivity index (χ4n) is 3.08. The summed E-state index contributed by atoms with van der Waals surface area (Å²) in [4.78, 5) is 30.7. The zero-order valence-electron chi connectivity index (χ0n) is 15.1. The Morgan fingerprint density at radius 1 is 1.38 bits per heavy atom. The van der Waals surface area contributed by atoms with Crippen LogP contribution in [0.25, 0.3) is 0 Å². The van der Waals surface area contributed by atoms with Crippen LogP contribution in [0.3, 0.4) is 0 Å². The summed E-state index contributed by atoms with van der Waals surface area (Å²) < 4.78 is 7.39. The van der Waals surface area contributed by atoms with Crippen molar-refractivity contribution >= 4 is 11.6 Å². The molecule has 1 atom stereocenters. The van der Waals surface area contributed by atoms with Crippen molar-refractivity contribution < 1.29 is 9.53 Å². The number of carbonyl (C=O) groups is 1. The van der Waals surface area contributed by atoms with E-state index < -0.39 is 0 Å². The molecule has 3 rings (SSSR count). The normalized spacial score (nSPS) is 17.2. The van der Waals surface area contributed by atoms with Crippen LogP contribution in [0, 0.1) is 6.92 Å². The summed E-state index contributed by atoms with van der Waals surface area (Å²) in [7, 11) is 1.86. The van der Waals surface area contributed by atoms with Gasteiger partial charge in [0.1, 0.15) is 6.10 Å². The fourth-order valence-corrected chi connectivity index (χ4v) is 3.08. The molecule has 7 heteroatoms. The Hall–Kier alpha value is -2.67. The number of hydrogen-bond donors (Lipinski definition) is 1. The monoisotopic (exact) mass is 356 g/mol. The van der Waals surface area contributed by atoms with Gasteiger partial charge in [-0.2, -0.15) is 0 Å². The molecule has 0 aliphatic carbocycles. The first-order chi connectivity index (χ1) is 12.6. The molecule has 1 fully saturated rings. The molecule has 1 aliphatic heterocycles. The number of aromatic nitrogens is 2. The first kappa shape index (κ1) is 18.1. The second-order valence-corrected chi connectivity index (χ2v) is 6.35. The molecule has 2 aromatic heterocycles. The highest BCUT2D eigenvalue weighted by Gasteiger charge is 2.26. The summed E-state index contributed by atoms with van der Waals surface area (Å²) in [6.07, 6.45) is 1.76. The zero-order valence-corrected chi connectivity index (χ0v) is 15.1. The van der Waals surface area contributed by atoms with Gasteiger partial charge in [0.05, 0.1) is 18.8 Å². The Morgan fingerprint density at radius 2 is 2.23 bits per heavy atom. The van der Waals surface area contributed by atoms with E-state index in [0.29, 0.717) is 32.7 Å². The molecule has 0 aromatic carbocycles. The lowest BCUT2D eigenvalue weighted by molar-refractivity contribution is -0.139. The molecule has 0 unspecified atom stereocenters. The van der Waals surface area contributed by atoms with E-state index in [1.54, 1.807) is 27.8 Å². The lowest BCUT2D eigenvalue weighted by Crippen LogP contribution is -2.43. The van der Waals surface area contributed by atoms with Crippen LogP contribution < -0.4 is 10.9 Å². The van der Waals surface area contributed by atoms with Gasteiger partial charge in [-0.15, -0.1) is 0 Å². The van der Waals surface area contributed by atoms with E-state index in [0.717, 1.165) is 17.1 Å². The van der Waals surface area contributed by atoms with Crippen LogP contribution in [-0.2, 0) is 16.1 Å². The van der Waals surface area contributed by atoms with Gasteiger partial charge in [0.25, 0.3) is 5.56 Å². The highest BCUT2D eigenvalue weighted by atomic mass is 16.5. The molecular weight excluding hydrogens is 332 g/mol. The highest BCUT2D eigenvalue weighted by Crippen LogP contribution is 2.24. The molecule has 0 spiro atoms. The summed E-state index contributed by atoms with van der Waals surface area (Å²) in [5.41, 5.74) is 2.61. The number of hydrogen-bond acceptors (Lipinski definition) is 5. The maximum atomic E-state index is 12.6. The van der Waals surface area contributed by atoms with E-state index in [-0.39, 0.29) is 17.6 Å². The van der Waals surface area contributed by atoms with Gasteiger partial charge in [0, 0.05) is 50.2 Å². The smallest absolute Gasteiger partial charge is 0.250 e. The number of nitrogens with one attached hydrogen (secondary N) is 1. The van der Waals surface area contributed by atoms with Crippen molar-refractivity contribution in [1.82, 2.24) is 14.5 Å². The van der Waals surface area contributed by atoms with Crippen molar-refractivity contribution in [3.8, 4) is 0 Å². The van der Waals surface area contributed by atoms with E-state index >= 15 is 0 Å². The highest BCUT2D eigenvalue weighted by molar-refractivity contribution is 5.76. The summed E-state index contributed by atoms with van der Waals surface area (Å²) >= 11 is 0. The van der Waals surface area contributed by atoms with Crippen LogP contribution in [0.4, 0.5) is 5.69 Å². The standard InChI is InChI=1S/C19H24N4O3/c1-14-11-15(20-2)12-16(21-14)17-13-23(9-10-26-17)19(25)6-8-22-7-4-3-5-18(22)24/h3-5,7,11-12,17H,6,8-10,13H2,1-2H3,(H,20,21)/t17-/m1/s1. The van der Waals surface area contributed by atoms with Gasteiger partial charge in [0.15, 0.2) is 0 Å². The van der Waals surface area contributed by atoms with Crippen LogP contribution in [0.2, 0.25) is 0 Å². The molecule has 0 radical (unpaired) electrons. The average Bonchev–Trinajstić information content (AvgIpc) is 2.66. The lowest BCUT2D eigenvalue weighted by atomic mass is 10.1. The van der Waals surface area contributed by atoms with Crippen LogP contribution in [-0.4, -0.2) is 47.1 Å². The summed E-state index contributed by atoms with van der Waals surface area (Å²) in [5.74, 6) is 0.0237. The topological polar surface area (TPSA) is 76.5 Å². The number of aryl methyl sites for hydroxylation is 2. The van der Waals surface area contributed by atoms with Crippen LogP contribution >= 0.6 is 0 Å². The minimum atomic E-state index is -0.237. The summed E-state index contributed by atoms with van der Waals surface area (Å²) in [6, 6.07) is 8.90. The SMILES string of the molecule is CNc1cc(C)nc([C@H]2CN(C(=O)CCn3ccccc3=O)CCO2)c1.